The van der Waals surface area contributed by atoms with E-state index in [4.69, 9.17) is 4.52 Å². The number of hydrogen-bond donors (Lipinski definition) is 0. The Morgan fingerprint density at radius 1 is 1.03 bits per heavy atom. The first-order valence-electron chi connectivity index (χ1n) is 9.43. The summed E-state index contributed by atoms with van der Waals surface area (Å²) in [6.07, 6.45) is 2.61. The molecule has 0 radical (unpaired) electrons. The van der Waals surface area contributed by atoms with Crippen molar-refractivity contribution in [3.63, 3.8) is 0 Å². The van der Waals surface area contributed by atoms with Crippen LogP contribution in [-0.4, -0.2) is 49.0 Å². The molecule has 3 heterocycles. The van der Waals surface area contributed by atoms with Gasteiger partial charge < -0.3 is 9.42 Å². The average molecular weight is 386 g/mol. The summed E-state index contributed by atoms with van der Waals surface area (Å²) in [4.78, 5) is 18.9. The van der Waals surface area contributed by atoms with E-state index in [-0.39, 0.29) is 11.9 Å². The molecule has 0 aliphatic carbocycles. The Morgan fingerprint density at radius 3 is 2.59 bits per heavy atom. The predicted octanol–water partition coefficient (Wildman–Crippen LogP) is 3.08. The number of hydrogen-bond acceptors (Lipinski definition) is 6. The molecule has 0 saturated carbocycles. The zero-order valence-corrected chi connectivity index (χ0v) is 15.5. The van der Waals surface area contributed by atoms with Crippen LogP contribution >= 0.6 is 0 Å². The standard InChI is InChI=1S/C21H18N6O2/c28-21(16-9-5-2-6-10-16)26-12-11-17(13-26)27-14-18(23-25-27)20-22-19(24-29-20)15-7-3-1-4-8-15/h1-10,14,17H,11-13H2/t17-/m0/s1. The van der Waals surface area contributed by atoms with Crippen LogP contribution < -0.4 is 0 Å². The fourth-order valence-electron chi connectivity index (χ4n) is 3.49. The summed E-state index contributed by atoms with van der Waals surface area (Å²) in [7, 11) is 0. The minimum absolute atomic E-state index is 0.0397. The summed E-state index contributed by atoms with van der Waals surface area (Å²) in [6.45, 7) is 1.28. The van der Waals surface area contributed by atoms with Crippen LogP contribution in [0.2, 0.25) is 0 Å². The highest BCUT2D eigenvalue weighted by atomic mass is 16.5. The third-order valence-electron chi connectivity index (χ3n) is 5.03. The first-order valence-corrected chi connectivity index (χ1v) is 9.43. The van der Waals surface area contributed by atoms with Crippen molar-refractivity contribution in [1.82, 2.24) is 30.0 Å². The van der Waals surface area contributed by atoms with E-state index in [2.05, 4.69) is 20.5 Å². The van der Waals surface area contributed by atoms with Gasteiger partial charge in [0.25, 0.3) is 11.8 Å². The molecular formula is C21H18N6O2. The maximum Gasteiger partial charge on any atom is 0.280 e. The molecule has 0 unspecified atom stereocenters. The van der Waals surface area contributed by atoms with Gasteiger partial charge in [-0.2, -0.15) is 4.98 Å². The quantitative estimate of drug-likeness (QED) is 0.535. The van der Waals surface area contributed by atoms with Crippen LogP contribution in [0, 0.1) is 0 Å². The summed E-state index contributed by atoms with van der Waals surface area (Å²) in [5, 5.41) is 12.4. The minimum atomic E-state index is 0.0397. The first-order chi connectivity index (χ1) is 14.3. The molecular weight excluding hydrogens is 368 g/mol. The first kappa shape index (κ1) is 17.3. The smallest absolute Gasteiger partial charge is 0.280 e. The maximum atomic E-state index is 12.6. The van der Waals surface area contributed by atoms with Crippen molar-refractivity contribution in [2.24, 2.45) is 0 Å². The minimum Gasteiger partial charge on any atom is -0.336 e. The summed E-state index contributed by atoms with van der Waals surface area (Å²) in [6, 6.07) is 19.0. The summed E-state index contributed by atoms with van der Waals surface area (Å²) >= 11 is 0. The van der Waals surface area contributed by atoms with Gasteiger partial charge in [-0.25, -0.2) is 4.68 Å². The van der Waals surface area contributed by atoms with Crippen molar-refractivity contribution in [2.45, 2.75) is 12.5 Å². The molecule has 0 bridgehead atoms. The highest BCUT2D eigenvalue weighted by Gasteiger charge is 2.29. The van der Waals surface area contributed by atoms with E-state index in [0.29, 0.717) is 36.1 Å². The van der Waals surface area contributed by atoms with E-state index in [1.165, 1.54) is 0 Å². The lowest BCUT2D eigenvalue weighted by molar-refractivity contribution is 0.0787. The molecule has 1 atom stereocenters. The number of carbonyl (C=O) groups excluding carboxylic acids is 1. The van der Waals surface area contributed by atoms with Crippen LogP contribution in [0.15, 0.2) is 71.4 Å². The summed E-state index contributed by atoms with van der Waals surface area (Å²) in [5.41, 5.74) is 2.10. The molecule has 8 nitrogen and oxygen atoms in total. The Morgan fingerprint density at radius 2 is 1.79 bits per heavy atom. The van der Waals surface area contributed by atoms with Gasteiger partial charge in [0, 0.05) is 24.2 Å². The third kappa shape index (κ3) is 3.40. The zero-order chi connectivity index (χ0) is 19.6. The molecule has 5 rings (SSSR count). The second-order valence-corrected chi connectivity index (χ2v) is 6.93. The fraction of sp³-hybridized carbons (Fsp3) is 0.190. The van der Waals surface area contributed by atoms with Gasteiger partial charge >= 0.3 is 0 Å². The molecule has 29 heavy (non-hydrogen) atoms. The monoisotopic (exact) mass is 386 g/mol. The topological polar surface area (TPSA) is 89.9 Å². The normalized spacial score (nSPS) is 16.3. The second kappa shape index (κ2) is 7.31. The third-order valence-corrected chi connectivity index (χ3v) is 5.03. The molecule has 2 aromatic carbocycles. The Balaban J connectivity index is 1.30. The van der Waals surface area contributed by atoms with Crippen LogP contribution in [-0.2, 0) is 0 Å². The molecule has 8 heteroatoms. The van der Waals surface area contributed by atoms with E-state index in [9.17, 15) is 4.79 Å². The average Bonchev–Trinajstić information content (AvgIpc) is 3.54. The van der Waals surface area contributed by atoms with Crippen molar-refractivity contribution >= 4 is 5.91 Å². The van der Waals surface area contributed by atoms with Gasteiger partial charge in [0.2, 0.25) is 5.82 Å². The van der Waals surface area contributed by atoms with Gasteiger partial charge in [-0.3, -0.25) is 4.79 Å². The fourth-order valence-corrected chi connectivity index (χ4v) is 3.49. The summed E-state index contributed by atoms with van der Waals surface area (Å²) in [5.74, 6) is 0.874. The van der Waals surface area contributed by atoms with Crippen LogP contribution in [0.25, 0.3) is 23.0 Å². The number of nitrogens with zero attached hydrogens (tertiary/aromatic N) is 6. The van der Waals surface area contributed by atoms with E-state index >= 15 is 0 Å². The lowest BCUT2D eigenvalue weighted by atomic mass is 10.2. The zero-order valence-electron chi connectivity index (χ0n) is 15.5. The highest BCUT2D eigenvalue weighted by molar-refractivity contribution is 5.94. The van der Waals surface area contributed by atoms with E-state index < -0.39 is 0 Å². The molecule has 0 spiro atoms. The Labute approximate surface area is 166 Å². The van der Waals surface area contributed by atoms with Gasteiger partial charge in [-0.1, -0.05) is 58.9 Å². The van der Waals surface area contributed by atoms with E-state index in [1.54, 1.807) is 10.9 Å². The van der Waals surface area contributed by atoms with E-state index in [1.807, 2.05) is 65.6 Å². The Hall–Kier alpha value is -3.81. The molecule has 0 N–H and O–H groups in total. The molecule has 1 saturated heterocycles. The lowest BCUT2D eigenvalue weighted by Gasteiger charge is -2.16. The SMILES string of the molecule is O=C(c1ccccc1)N1CC[C@H](n2cc(-c3nc(-c4ccccc4)no3)nn2)C1. The molecule has 4 aromatic rings. The van der Waals surface area contributed by atoms with Gasteiger partial charge in [0.15, 0.2) is 5.69 Å². The molecule has 1 fully saturated rings. The number of likely N-dealkylation sites (tertiary alicyclic amines) is 1. The summed E-state index contributed by atoms with van der Waals surface area (Å²) < 4.78 is 7.13. The predicted molar refractivity (Wildman–Crippen MR) is 105 cm³/mol. The van der Waals surface area contributed by atoms with Gasteiger partial charge in [-0.05, 0) is 18.6 Å². The highest BCUT2D eigenvalue weighted by Crippen LogP contribution is 2.25. The van der Waals surface area contributed by atoms with Gasteiger partial charge in [0.1, 0.15) is 0 Å². The van der Waals surface area contributed by atoms with Crippen LogP contribution in [0.4, 0.5) is 0 Å². The van der Waals surface area contributed by atoms with E-state index in [0.717, 1.165) is 12.0 Å². The molecule has 1 aliphatic rings. The van der Waals surface area contributed by atoms with Gasteiger partial charge in [-0.15, -0.1) is 5.10 Å². The van der Waals surface area contributed by atoms with Crippen molar-refractivity contribution in [3.05, 3.63) is 72.4 Å². The van der Waals surface area contributed by atoms with Crippen LogP contribution in [0.1, 0.15) is 22.8 Å². The number of carbonyl (C=O) groups is 1. The van der Waals surface area contributed by atoms with Crippen molar-refractivity contribution in [2.75, 3.05) is 13.1 Å². The lowest BCUT2D eigenvalue weighted by Crippen LogP contribution is -2.29. The number of rotatable bonds is 4. The van der Waals surface area contributed by atoms with Crippen molar-refractivity contribution in [3.8, 4) is 23.0 Å². The van der Waals surface area contributed by atoms with Gasteiger partial charge in [0.05, 0.1) is 12.2 Å². The van der Waals surface area contributed by atoms with Crippen LogP contribution in [0.3, 0.4) is 0 Å². The second-order valence-electron chi connectivity index (χ2n) is 6.93. The molecule has 1 aliphatic heterocycles. The number of benzene rings is 2. The van der Waals surface area contributed by atoms with Crippen molar-refractivity contribution < 1.29 is 9.32 Å². The number of amides is 1. The Kier molecular flexibility index (Phi) is 4.36. The molecule has 1 amide bonds. The maximum absolute atomic E-state index is 12.6. The van der Waals surface area contributed by atoms with Crippen molar-refractivity contribution in [1.29, 1.82) is 0 Å². The Bertz CT molecular complexity index is 1120. The molecule has 144 valence electrons. The number of aromatic nitrogens is 5. The molecule has 2 aromatic heterocycles. The van der Waals surface area contributed by atoms with Crippen LogP contribution in [0.5, 0.6) is 0 Å². The largest absolute Gasteiger partial charge is 0.336 e.